The summed E-state index contributed by atoms with van der Waals surface area (Å²) >= 11 is 12.0. The first-order chi connectivity index (χ1) is 13.9. The minimum Gasteiger partial charge on any atom is -0.504 e. The van der Waals surface area contributed by atoms with Gasteiger partial charge in [0.25, 0.3) is 0 Å². The summed E-state index contributed by atoms with van der Waals surface area (Å²) in [5.41, 5.74) is 1.93. The van der Waals surface area contributed by atoms with Crippen LogP contribution in [0.25, 0.3) is 6.08 Å². The van der Waals surface area contributed by atoms with Gasteiger partial charge in [-0.25, -0.2) is 4.79 Å². The highest BCUT2D eigenvalue weighted by atomic mass is 35.5. The number of rotatable bonds is 3. The summed E-state index contributed by atoms with van der Waals surface area (Å²) < 4.78 is 10.9. The number of methoxy groups -OCH3 is 1. The van der Waals surface area contributed by atoms with Crippen LogP contribution in [0.1, 0.15) is 34.3 Å². The molecule has 0 spiro atoms. The van der Waals surface area contributed by atoms with Gasteiger partial charge in [-0.3, -0.25) is 0 Å². The molecule has 0 radical (unpaired) electrons. The second-order valence-corrected chi connectivity index (χ2v) is 7.90. The third-order valence-electron chi connectivity index (χ3n) is 4.79. The Morgan fingerprint density at radius 2 is 1.93 bits per heavy atom. The largest absolute Gasteiger partial charge is 0.504 e. The van der Waals surface area contributed by atoms with Crippen LogP contribution < -0.4 is 4.74 Å². The maximum absolute atomic E-state index is 12.6. The molecule has 154 valence electrons. The number of hydrogen-bond acceptors (Lipinski definition) is 5. The van der Waals surface area contributed by atoms with Crippen molar-refractivity contribution in [2.75, 3.05) is 20.7 Å². The summed E-state index contributed by atoms with van der Waals surface area (Å²) in [6.45, 7) is 1.53. The number of hydrogen-bond donors (Lipinski definition) is 1. The number of nitrogens with zero attached hydrogens (tertiary/aromatic N) is 1. The van der Waals surface area contributed by atoms with Crippen LogP contribution in [-0.2, 0) is 11.3 Å². The van der Waals surface area contributed by atoms with Crippen molar-refractivity contribution in [2.45, 2.75) is 25.5 Å². The number of carbonyl (C=O) groups is 1. The van der Waals surface area contributed by atoms with Crippen molar-refractivity contribution in [2.24, 2.45) is 0 Å². The molecule has 1 atom stereocenters. The smallest absolute Gasteiger partial charge is 0.338 e. The number of ether oxygens (including phenoxy) is 2. The molecule has 0 aliphatic carbocycles. The van der Waals surface area contributed by atoms with Crippen LogP contribution in [0.5, 0.6) is 11.5 Å². The molecule has 0 aromatic heterocycles. The molecule has 0 fully saturated rings. The molecule has 0 saturated carbocycles. The molecule has 1 heterocycles. The predicted octanol–water partition coefficient (Wildman–Crippen LogP) is 5.17. The third-order valence-corrected chi connectivity index (χ3v) is 5.23. The second-order valence-electron chi connectivity index (χ2n) is 7.03. The van der Waals surface area contributed by atoms with Crippen LogP contribution >= 0.6 is 23.2 Å². The van der Waals surface area contributed by atoms with Gasteiger partial charge < -0.3 is 19.5 Å². The van der Waals surface area contributed by atoms with Crippen LogP contribution in [0.3, 0.4) is 0 Å². The lowest BCUT2D eigenvalue weighted by Gasteiger charge is -2.22. The Hall–Kier alpha value is -2.21. The molecular weight excluding hydrogens is 413 g/mol. The summed E-state index contributed by atoms with van der Waals surface area (Å²) in [5, 5.41) is 11.3. The summed E-state index contributed by atoms with van der Waals surface area (Å²) in [6.07, 6.45) is 4.64. The van der Waals surface area contributed by atoms with Gasteiger partial charge in [0, 0.05) is 22.2 Å². The minimum atomic E-state index is -0.496. The van der Waals surface area contributed by atoms with Crippen LogP contribution in [0.15, 0.2) is 36.4 Å². The Morgan fingerprint density at radius 3 is 2.62 bits per heavy atom. The van der Waals surface area contributed by atoms with Crippen molar-refractivity contribution in [1.29, 1.82) is 0 Å². The fourth-order valence-electron chi connectivity index (χ4n) is 3.33. The number of halogens is 2. The third kappa shape index (κ3) is 5.44. The van der Waals surface area contributed by atoms with Crippen molar-refractivity contribution >= 4 is 35.2 Å². The van der Waals surface area contributed by atoms with Crippen molar-refractivity contribution < 1.29 is 19.4 Å². The lowest BCUT2D eigenvalue weighted by Crippen LogP contribution is -2.23. The van der Waals surface area contributed by atoms with Gasteiger partial charge in [0.05, 0.1) is 12.7 Å². The molecular formula is C22H23Cl2NO4. The van der Waals surface area contributed by atoms with Crippen molar-refractivity contribution in [3.05, 3.63) is 63.1 Å². The summed E-state index contributed by atoms with van der Waals surface area (Å²) in [4.78, 5) is 14.8. The minimum absolute atomic E-state index is 0.0712. The van der Waals surface area contributed by atoms with E-state index >= 15 is 0 Å². The monoisotopic (exact) mass is 435 g/mol. The fourth-order valence-corrected chi connectivity index (χ4v) is 3.85. The normalized spacial score (nSPS) is 18.6. The van der Waals surface area contributed by atoms with E-state index in [9.17, 15) is 9.90 Å². The van der Waals surface area contributed by atoms with E-state index in [1.807, 2.05) is 13.1 Å². The standard InChI is InChI=1S/C22H23Cl2NO4/c1-25-9-3-4-18(29-22(27)15-10-16(23)12-17(24)11-15)6-7-19-14(13-25)5-8-20(28-2)21(19)26/h5-8,10-12,18,26H,3-4,9,13H2,1-2H3/b7-6-. The van der Waals surface area contributed by atoms with E-state index in [0.717, 1.165) is 18.5 Å². The quantitative estimate of drug-likeness (QED) is 0.673. The van der Waals surface area contributed by atoms with E-state index in [1.54, 1.807) is 24.3 Å². The first-order valence-corrected chi connectivity index (χ1v) is 10.1. The molecule has 3 rings (SSSR count). The fraction of sp³-hybridized carbons (Fsp3) is 0.318. The first-order valence-electron chi connectivity index (χ1n) is 9.30. The molecule has 2 aromatic carbocycles. The summed E-state index contributed by atoms with van der Waals surface area (Å²) in [5.74, 6) is -0.0262. The summed E-state index contributed by atoms with van der Waals surface area (Å²) in [7, 11) is 3.53. The zero-order valence-electron chi connectivity index (χ0n) is 16.3. The molecule has 1 aliphatic rings. The highest BCUT2D eigenvalue weighted by Gasteiger charge is 2.19. The van der Waals surface area contributed by atoms with E-state index in [4.69, 9.17) is 32.7 Å². The molecule has 29 heavy (non-hydrogen) atoms. The Kier molecular flexibility index (Phi) is 7.06. The number of benzene rings is 2. The van der Waals surface area contributed by atoms with E-state index in [2.05, 4.69) is 4.90 Å². The average molecular weight is 436 g/mol. The first kappa shape index (κ1) is 21.5. The molecule has 0 bridgehead atoms. The van der Waals surface area contributed by atoms with Gasteiger partial charge in [-0.2, -0.15) is 0 Å². The highest BCUT2D eigenvalue weighted by molar-refractivity contribution is 6.35. The zero-order valence-corrected chi connectivity index (χ0v) is 17.8. The second kappa shape index (κ2) is 9.53. The molecule has 7 heteroatoms. The van der Waals surface area contributed by atoms with Crippen molar-refractivity contribution in [3.8, 4) is 11.5 Å². The number of fused-ring (bicyclic) bond motifs is 1. The van der Waals surface area contributed by atoms with Crippen molar-refractivity contribution in [1.82, 2.24) is 4.90 Å². The maximum Gasteiger partial charge on any atom is 0.338 e. The maximum atomic E-state index is 12.6. The number of aromatic hydroxyl groups is 1. The zero-order chi connectivity index (χ0) is 21.0. The molecule has 2 aromatic rings. The number of phenols is 1. The Morgan fingerprint density at radius 1 is 1.21 bits per heavy atom. The van der Waals surface area contributed by atoms with E-state index in [0.29, 0.717) is 39.9 Å². The number of carbonyl (C=O) groups excluding carboxylic acids is 1. The Labute approximate surface area is 180 Å². The molecule has 0 saturated heterocycles. The highest BCUT2D eigenvalue weighted by Crippen LogP contribution is 2.34. The van der Waals surface area contributed by atoms with Gasteiger partial charge in [-0.05, 0) is 62.3 Å². The van der Waals surface area contributed by atoms with Gasteiger partial charge in [0.15, 0.2) is 11.5 Å². The average Bonchev–Trinajstić information content (AvgIpc) is 2.66. The molecule has 1 N–H and O–H groups in total. The van der Waals surface area contributed by atoms with Crippen LogP contribution in [-0.4, -0.2) is 42.8 Å². The SMILES string of the molecule is COc1ccc2c(c1O)/C=C\C(OC(=O)c1cc(Cl)cc(Cl)c1)CCCN(C)C2. The van der Waals surface area contributed by atoms with E-state index < -0.39 is 12.1 Å². The van der Waals surface area contributed by atoms with Gasteiger partial charge in [-0.1, -0.05) is 35.3 Å². The van der Waals surface area contributed by atoms with Gasteiger partial charge in [0.2, 0.25) is 0 Å². The van der Waals surface area contributed by atoms with Crippen molar-refractivity contribution in [3.63, 3.8) is 0 Å². The van der Waals surface area contributed by atoms with Crippen LogP contribution in [0, 0.1) is 0 Å². The van der Waals surface area contributed by atoms with Crippen LogP contribution in [0.2, 0.25) is 10.0 Å². The number of phenolic OH excluding ortho intramolecular Hbond substituents is 1. The molecule has 1 unspecified atom stereocenters. The number of esters is 1. The molecule has 5 nitrogen and oxygen atoms in total. The van der Waals surface area contributed by atoms with Gasteiger partial charge in [-0.15, -0.1) is 0 Å². The van der Waals surface area contributed by atoms with E-state index in [-0.39, 0.29) is 5.75 Å². The molecule has 1 aliphatic heterocycles. The molecule has 0 amide bonds. The van der Waals surface area contributed by atoms with Crippen LogP contribution in [0.4, 0.5) is 0 Å². The van der Waals surface area contributed by atoms with Gasteiger partial charge >= 0.3 is 5.97 Å². The Bertz CT molecular complexity index is 909. The predicted molar refractivity (Wildman–Crippen MR) is 115 cm³/mol. The Balaban J connectivity index is 1.88. The van der Waals surface area contributed by atoms with Gasteiger partial charge in [0.1, 0.15) is 6.10 Å². The topological polar surface area (TPSA) is 59.0 Å². The lowest BCUT2D eigenvalue weighted by molar-refractivity contribution is 0.0374. The lowest BCUT2D eigenvalue weighted by atomic mass is 10.0. The van der Waals surface area contributed by atoms with E-state index in [1.165, 1.54) is 19.2 Å². The summed E-state index contributed by atoms with van der Waals surface area (Å²) in [6, 6.07) is 8.30.